The van der Waals surface area contributed by atoms with Crippen LogP contribution in [-0.2, 0) is 4.74 Å². The van der Waals surface area contributed by atoms with Crippen molar-refractivity contribution in [3.8, 4) is 11.1 Å². The topological polar surface area (TPSA) is 59.8 Å². The lowest BCUT2D eigenvalue weighted by Crippen LogP contribution is -2.21. The van der Waals surface area contributed by atoms with Gasteiger partial charge in [0.05, 0.1) is 17.7 Å². The molecule has 0 unspecified atom stereocenters. The van der Waals surface area contributed by atoms with E-state index < -0.39 is 0 Å². The number of carbonyl (C=O) groups excluding carboxylic acids is 1. The summed E-state index contributed by atoms with van der Waals surface area (Å²) in [6.07, 6.45) is 24.0. The molecule has 0 saturated carbocycles. The van der Waals surface area contributed by atoms with Crippen molar-refractivity contribution < 1.29 is 13.9 Å². The van der Waals surface area contributed by atoms with E-state index in [2.05, 4.69) is 31.7 Å². The van der Waals surface area contributed by atoms with Gasteiger partial charge in [0, 0.05) is 30.2 Å². The lowest BCUT2D eigenvalue weighted by molar-refractivity contribution is 0.0497. The van der Waals surface area contributed by atoms with Gasteiger partial charge in [-0.05, 0) is 56.2 Å². The maximum Gasteiger partial charge on any atom is 0.344 e. The van der Waals surface area contributed by atoms with Crippen molar-refractivity contribution in [1.82, 2.24) is 0 Å². The quantitative estimate of drug-likeness (QED) is 0.0568. The Labute approximate surface area is 272 Å². The number of ether oxygens (including phenoxy) is 1. The van der Waals surface area contributed by atoms with Crippen molar-refractivity contribution in [2.45, 2.75) is 136 Å². The molecule has 5 heteroatoms. The fourth-order valence-corrected chi connectivity index (χ4v) is 6.12. The molecule has 248 valence electrons. The summed E-state index contributed by atoms with van der Waals surface area (Å²) in [5.41, 5.74) is 2.93. The minimum absolute atomic E-state index is 0.317. The standard InChI is InChI=1S/C40H59NO4/c1-4-7-8-9-10-11-12-13-14-15-16-17-18-19-20-21-22-23-30-44-39(42)34-26-24-33(25-27-34)37-31-35-28-29-36(41(5-2)6-3)32-38(35)45-40(37)43/h24-29,31-32H,4-23,30H2,1-3H3. The second-order valence-electron chi connectivity index (χ2n) is 12.6. The smallest absolute Gasteiger partial charge is 0.344 e. The van der Waals surface area contributed by atoms with Crippen molar-refractivity contribution in [3.63, 3.8) is 0 Å². The third-order valence-corrected chi connectivity index (χ3v) is 9.01. The van der Waals surface area contributed by atoms with Crippen LogP contribution in [0, 0.1) is 0 Å². The summed E-state index contributed by atoms with van der Waals surface area (Å²) in [5.74, 6) is -0.317. The van der Waals surface area contributed by atoms with Gasteiger partial charge in [0.25, 0.3) is 0 Å². The number of hydrogen-bond acceptors (Lipinski definition) is 5. The maximum atomic E-state index is 12.8. The van der Waals surface area contributed by atoms with Crippen LogP contribution >= 0.6 is 0 Å². The van der Waals surface area contributed by atoms with Crippen LogP contribution < -0.4 is 10.5 Å². The molecule has 0 amide bonds. The first-order valence-corrected chi connectivity index (χ1v) is 18.2. The lowest BCUT2D eigenvalue weighted by atomic mass is 10.0. The van der Waals surface area contributed by atoms with Gasteiger partial charge in [0.15, 0.2) is 0 Å². The largest absolute Gasteiger partial charge is 0.462 e. The van der Waals surface area contributed by atoms with Gasteiger partial charge >= 0.3 is 11.6 Å². The zero-order chi connectivity index (χ0) is 32.1. The minimum atomic E-state index is -0.386. The maximum absolute atomic E-state index is 12.8. The van der Waals surface area contributed by atoms with Crippen molar-refractivity contribution >= 4 is 22.6 Å². The highest BCUT2D eigenvalue weighted by atomic mass is 16.5. The van der Waals surface area contributed by atoms with Crippen LogP contribution in [0.3, 0.4) is 0 Å². The number of anilines is 1. The fraction of sp³-hybridized carbons (Fsp3) is 0.600. The zero-order valence-corrected chi connectivity index (χ0v) is 28.5. The Morgan fingerprint density at radius 2 is 1.16 bits per heavy atom. The van der Waals surface area contributed by atoms with E-state index >= 15 is 0 Å². The molecule has 2 aromatic carbocycles. The summed E-state index contributed by atoms with van der Waals surface area (Å²) in [6, 6.07) is 14.8. The fourth-order valence-electron chi connectivity index (χ4n) is 6.12. The molecule has 3 rings (SSSR count). The van der Waals surface area contributed by atoms with Crippen LogP contribution in [0.15, 0.2) is 57.7 Å². The first-order chi connectivity index (χ1) is 22.1. The zero-order valence-electron chi connectivity index (χ0n) is 28.5. The van der Waals surface area contributed by atoms with Gasteiger partial charge < -0.3 is 14.1 Å². The molecule has 0 bridgehead atoms. The van der Waals surface area contributed by atoms with Crippen molar-refractivity contribution in [2.75, 3.05) is 24.6 Å². The van der Waals surface area contributed by atoms with Crippen LogP contribution in [-0.4, -0.2) is 25.7 Å². The Balaban J connectivity index is 1.25. The number of unbranched alkanes of at least 4 members (excludes halogenated alkanes) is 17. The van der Waals surface area contributed by atoms with Crippen LogP contribution in [0.25, 0.3) is 22.1 Å². The summed E-state index contributed by atoms with van der Waals surface area (Å²) in [6.45, 7) is 8.72. The Morgan fingerprint density at radius 3 is 1.67 bits per heavy atom. The van der Waals surface area contributed by atoms with E-state index in [0.717, 1.165) is 42.6 Å². The Kier molecular flexibility index (Phi) is 17.5. The van der Waals surface area contributed by atoms with E-state index in [0.29, 0.717) is 23.3 Å². The van der Waals surface area contributed by atoms with E-state index in [1.165, 1.54) is 103 Å². The molecule has 0 fully saturated rings. The molecule has 0 spiro atoms. The average Bonchev–Trinajstić information content (AvgIpc) is 3.06. The molecule has 3 aromatic rings. The number of nitrogens with zero attached hydrogens (tertiary/aromatic N) is 1. The lowest BCUT2D eigenvalue weighted by Gasteiger charge is -2.21. The Hall–Kier alpha value is -3.08. The van der Waals surface area contributed by atoms with Gasteiger partial charge in [-0.1, -0.05) is 128 Å². The summed E-state index contributed by atoms with van der Waals surface area (Å²) in [4.78, 5) is 27.6. The van der Waals surface area contributed by atoms with Crippen molar-refractivity contribution in [2.24, 2.45) is 0 Å². The molecule has 1 aromatic heterocycles. The second-order valence-corrected chi connectivity index (χ2v) is 12.6. The molecular weight excluding hydrogens is 558 g/mol. The van der Waals surface area contributed by atoms with Crippen molar-refractivity contribution in [1.29, 1.82) is 0 Å². The van der Waals surface area contributed by atoms with Gasteiger partial charge in [0.1, 0.15) is 5.58 Å². The Bertz CT molecular complexity index is 1290. The average molecular weight is 618 g/mol. The van der Waals surface area contributed by atoms with Gasteiger partial charge in [-0.15, -0.1) is 0 Å². The normalized spacial score (nSPS) is 11.3. The highest BCUT2D eigenvalue weighted by Gasteiger charge is 2.12. The Morgan fingerprint density at radius 1 is 0.644 bits per heavy atom. The van der Waals surface area contributed by atoms with Gasteiger partial charge in [-0.25, -0.2) is 9.59 Å². The van der Waals surface area contributed by atoms with E-state index in [-0.39, 0.29) is 11.6 Å². The molecule has 1 heterocycles. The molecule has 5 nitrogen and oxygen atoms in total. The molecule has 0 atom stereocenters. The monoisotopic (exact) mass is 617 g/mol. The summed E-state index contributed by atoms with van der Waals surface area (Å²) in [5, 5.41) is 0.869. The molecule has 0 aliphatic heterocycles. The van der Waals surface area contributed by atoms with Crippen molar-refractivity contribution in [3.05, 3.63) is 64.5 Å². The first-order valence-electron chi connectivity index (χ1n) is 18.2. The van der Waals surface area contributed by atoms with Gasteiger partial charge in [-0.3, -0.25) is 0 Å². The van der Waals surface area contributed by atoms with E-state index in [9.17, 15) is 9.59 Å². The molecule has 0 radical (unpaired) electrons. The number of benzene rings is 2. The number of rotatable bonds is 24. The van der Waals surface area contributed by atoms with E-state index in [4.69, 9.17) is 9.15 Å². The number of esters is 1. The molecular formula is C40H59NO4. The molecule has 0 aliphatic rings. The highest BCUT2D eigenvalue weighted by Crippen LogP contribution is 2.26. The van der Waals surface area contributed by atoms with Gasteiger partial charge in [0.2, 0.25) is 0 Å². The predicted octanol–water partition coefficient (Wildman–Crippen LogP) is 11.5. The third kappa shape index (κ3) is 13.0. The summed E-state index contributed by atoms with van der Waals surface area (Å²) in [7, 11) is 0. The van der Waals surface area contributed by atoms with E-state index in [1.54, 1.807) is 24.3 Å². The molecule has 0 N–H and O–H groups in total. The van der Waals surface area contributed by atoms with E-state index in [1.807, 2.05) is 18.2 Å². The SMILES string of the molecule is CCCCCCCCCCCCCCCCCCCCOC(=O)c1ccc(-c2cc3ccc(N(CC)CC)cc3oc2=O)cc1. The highest BCUT2D eigenvalue weighted by molar-refractivity contribution is 5.90. The molecule has 45 heavy (non-hydrogen) atoms. The third-order valence-electron chi connectivity index (χ3n) is 9.01. The molecule has 0 saturated heterocycles. The van der Waals surface area contributed by atoms with Gasteiger partial charge in [-0.2, -0.15) is 0 Å². The summed E-state index contributed by atoms with van der Waals surface area (Å²) < 4.78 is 11.2. The predicted molar refractivity (Wildman–Crippen MR) is 191 cm³/mol. The number of carbonyl (C=O) groups is 1. The number of hydrogen-bond donors (Lipinski definition) is 0. The van der Waals surface area contributed by atoms with Crippen LogP contribution in [0.5, 0.6) is 0 Å². The first kappa shape index (κ1) is 36.4. The molecule has 0 aliphatic carbocycles. The minimum Gasteiger partial charge on any atom is -0.462 e. The van der Waals surface area contributed by atoms with Crippen LogP contribution in [0.1, 0.15) is 147 Å². The number of fused-ring (bicyclic) bond motifs is 1. The van der Waals surface area contributed by atoms with Crippen LogP contribution in [0.4, 0.5) is 5.69 Å². The second kappa shape index (κ2) is 21.6. The van der Waals surface area contributed by atoms with Crippen LogP contribution in [0.2, 0.25) is 0 Å². The summed E-state index contributed by atoms with van der Waals surface area (Å²) >= 11 is 0.